The van der Waals surface area contributed by atoms with Crippen molar-refractivity contribution in [2.75, 3.05) is 17.8 Å². The third kappa shape index (κ3) is 4.47. The van der Waals surface area contributed by atoms with Gasteiger partial charge >= 0.3 is 0 Å². The zero-order chi connectivity index (χ0) is 22.8. The van der Waals surface area contributed by atoms with Crippen molar-refractivity contribution in [3.63, 3.8) is 0 Å². The van der Waals surface area contributed by atoms with Crippen LogP contribution in [0.15, 0.2) is 102 Å². The molecule has 6 nitrogen and oxygen atoms in total. The van der Waals surface area contributed by atoms with Gasteiger partial charge in [0.05, 0.1) is 11.2 Å². The number of pyridine rings is 1. The summed E-state index contributed by atoms with van der Waals surface area (Å²) in [5.74, 6) is -0.0448. The molecular formula is C26H23N3O3S. The van der Waals surface area contributed by atoms with E-state index in [1.807, 2.05) is 42.5 Å². The number of nitrogens with zero attached hydrogens (tertiary/aromatic N) is 2. The number of fused-ring (bicyclic) bond motifs is 1. The van der Waals surface area contributed by atoms with Crippen LogP contribution in [0, 0.1) is 0 Å². The molecule has 0 atom stereocenters. The van der Waals surface area contributed by atoms with Crippen molar-refractivity contribution < 1.29 is 13.9 Å². The summed E-state index contributed by atoms with van der Waals surface area (Å²) in [5.41, 5.74) is 3.95. The fourth-order valence-electron chi connectivity index (χ4n) is 3.85. The number of aromatic nitrogens is 1. The van der Waals surface area contributed by atoms with E-state index in [1.54, 1.807) is 53.6 Å². The van der Waals surface area contributed by atoms with Crippen LogP contribution < -0.4 is 4.72 Å². The van der Waals surface area contributed by atoms with Crippen molar-refractivity contribution in [3.05, 3.63) is 108 Å². The van der Waals surface area contributed by atoms with Crippen molar-refractivity contribution >= 4 is 39.3 Å². The smallest absolute Gasteiger partial charge is 0.254 e. The zero-order valence-electron chi connectivity index (χ0n) is 17.8. The number of para-hydroxylation sites is 1. The Balaban J connectivity index is 1.26. The average Bonchev–Trinajstić information content (AvgIpc) is 2.81. The standard InChI is InChI=1S/C26H23N3O3S/c30-26(29-17-20(18-29)16-19-6-2-1-3-7-19)22-11-13-23(14-12-22)28-33(31,32)24-10-4-8-21-9-5-15-27-25(21)24/h1-16,28,31-32H,17-18H2. The molecule has 0 unspecified atom stereocenters. The van der Waals surface area contributed by atoms with Crippen LogP contribution >= 0.6 is 10.8 Å². The van der Waals surface area contributed by atoms with Crippen molar-refractivity contribution in [2.24, 2.45) is 0 Å². The first kappa shape index (κ1) is 21.2. The fourth-order valence-corrected chi connectivity index (χ4v) is 5.14. The molecule has 1 aliphatic heterocycles. The summed E-state index contributed by atoms with van der Waals surface area (Å²) in [5, 5.41) is 0.827. The number of carbonyl (C=O) groups excluding carboxylic acids is 1. The Morgan fingerprint density at radius 1 is 0.909 bits per heavy atom. The van der Waals surface area contributed by atoms with Gasteiger partial charge in [-0.05, 0) is 47.5 Å². The van der Waals surface area contributed by atoms with Gasteiger partial charge in [0.1, 0.15) is 4.90 Å². The Kier molecular flexibility index (Phi) is 5.60. The van der Waals surface area contributed by atoms with Gasteiger partial charge in [0.25, 0.3) is 5.91 Å². The Labute approximate surface area is 193 Å². The van der Waals surface area contributed by atoms with E-state index in [0.717, 1.165) is 10.9 Å². The second kappa shape index (κ2) is 8.71. The predicted octanol–water partition coefficient (Wildman–Crippen LogP) is 5.91. The quantitative estimate of drug-likeness (QED) is 0.347. The highest BCUT2D eigenvalue weighted by atomic mass is 32.3. The van der Waals surface area contributed by atoms with Gasteiger partial charge in [0.15, 0.2) is 0 Å². The minimum absolute atomic E-state index is 0.0448. The normalized spacial score (nSPS) is 14.0. The largest absolute Gasteiger partial charge is 0.330 e. The zero-order valence-corrected chi connectivity index (χ0v) is 18.6. The van der Waals surface area contributed by atoms with Crippen molar-refractivity contribution in [1.82, 2.24) is 9.88 Å². The number of likely N-dealkylation sites (tertiary alicyclic amines) is 1. The molecular weight excluding hydrogens is 434 g/mol. The summed E-state index contributed by atoms with van der Waals surface area (Å²) in [6.45, 7) is 1.23. The second-order valence-corrected chi connectivity index (χ2v) is 9.68. The van der Waals surface area contributed by atoms with E-state index in [4.69, 9.17) is 0 Å². The van der Waals surface area contributed by atoms with Crippen LogP contribution in [0.4, 0.5) is 5.69 Å². The van der Waals surface area contributed by atoms with Gasteiger partial charge in [-0.15, -0.1) is 0 Å². The highest BCUT2D eigenvalue weighted by molar-refractivity contribution is 8.25. The van der Waals surface area contributed by atoms with Crippen LogP contribution in [0.25, 0.3) is 17.0 Å². The second-order valence-electron chi connectivity index (χ2n) is 7.93. The van der Waals surface area contributed by atoms with E-state index in [2.05, 4.69) is 15.8 Å². The first-order valence-corrected chi connectivity index (χ1v) is 12.1. The van der Waals surface area contributed by atoms with Crippen LogP contribution in [0.5, 0.6) is 0 Å². The van der Waals surface area contributed by atoms with Crippen LogP contribution in [-0.2, 0) is 0 Å². The number of nitrogens with one attached hydrogen (secondary N) is 1. The molecule has 7 heteroatoms. The van der Waals surface area contributed by atoms with E-state index in [0.29, 0.717) is 34.8 Å². The molecule has 0 aliphatic carbocycles. The Morgan fingerprint density at radius 2 is 1.64 bits per heavy atom. The molecule has 0 spiro atoms. The topological polar surface area (TPSA) is 85.7 Å². The molecule has 2 heterocycles. The molecule has 0 bridgehead atoms. The van der Waals surface area contributed by atoms with Crippen molar-refractivity contribution in [3.8, 4) is 0 Å². The summed E-state index contributed by atoms with van der Waals surface area (Å²) < 4.78 is 24.4. The summed E-state index contributed by atoms with van der Waals surface area (Å²) in [7, 11) is -3.34. The highest BCUT2D eigenvalue weighted by Gasteiger charge is 2.26. The summed E-state index contributed by atoms with van der Waals surface area (Å²) in [6.07, 6.45) is 3.74. The summed E-state index contributed by atoms with van der Waals surface area (Å²) >= 11 is 0. The number of hydrogen-bond donors (Lipinski definition) is 3. The van der Waals surface area contributed by atoms with Gasteiger partial charge in [-0.3, -0.25) is 23.6 Å². The van der Waals surface area contributed by atoms with Gasteiger partial charge < -0.3 is 4.90 Å². The van der Waals surface area contributed by atoms with E-state index in [9.17, 15) is 13.9 Å². The number of benzene rings is 3. The maximum absolute atomic E-state index is 12.8. The van der Waals surface area contributed by atoms with Gasteiger partial charge in [-0.2, -0.15) is 0 Å². The first-order valence-electron chi connectivity index (χ1n) is 10.5. The molecule has 1 fully saturated rings. The maximum Gasteiger partial charge on any atom is 0.254 e. The molecule has 5 rings (SSSR count). The molecule has 1 aromatic heterocycles. The lowest BCUT2D eigenvalue weighted by molar-refractivity contribution is 0.0729. The molecule has 166 valence electrons. The Bertz CT molecular complexity index is 1320. The van der Waals surface area contributed by atoms with E-state index in [-0.39, 0.29) is 5.91 Å². The average molecular weight is 458 g/mol. The molecule has 0 radical (unpaired) electrons. The molecule has 33 heavy (non-hydrogen) atoms. The van der Waals surface area contributed by atoms with Crippen LogP contribution in [0.2, 0.25) is 0 Å². The number of rotatable bonds is 5. The summed E-state index contributed by atoms with van der Waals surface area (Å²) in [6, 6.07) is 25.8. The van der Waals surface area contributed by atoms with Gasteiger partial charge in [-0.25, -0.2) is 0 Å². The lowest BCUT2D eigenvalue weighted by Gasteiger charge is -2.35. The van der Waals surface area contributed by atoms with Crippen molar-refractivity contribution in [1.29, 1.82) is 0 Å². The summed E-state index contributed by atoms with van der Waals surface area (Å²) in [4.78, 5) is 19.2. The third-order valence-corrected chi connectivity index (χ3v) is 7.00. The Hall–Kier alpha value is -3.65. The molecule has 3 N–H and O–H groups in total. The number of hydrogen-bond acceptors (Lipinski definition) is 5. The lowest BCUT2D eigenvalue weighted by atomic mass is 10.0. The minimum atomic E-state index is -3.34. The van der Waals surface area contributed by atoms with E-state index >= 15 is 0 Å². The minimum Gasteiger partial charge on any atom is -0.330 e. The van der Waals surface area contributed by atoms with Crippen LogP contribution in [0.1, 0.15) is 15.9 Å². The lowest BCUT2D eigenvalue weighted by Crippen LogP contribution is -2.44. The monoisotopic (exact) mass is 457 g/mol. The molecule has 4 aromatic rings. The number of anilines is 1. The fraction of sp³-hybridized carbons (Fsp3) is 0.0769. The van der Waals surface area contributed by atoms with Crippen LogP contribution in [0.3, 0.4) is 0 Å². The molecule has 1 saturated heterocycles. The third-order valence-electron chi connectivity index (χ3n) is 5.54. The first-order chi connectivity index (χ1) is 16.0. The predicted molar refractivity (Wildman–Crippen MR) is 133 cm³/mol. The van der Waals surface area contributed by atoms with E-state index in [1.165, 1.54) is 5.57 Å². The highest BCUT2D eigenvalue weighted by Crippen LogP contribution is 2.50. The maximum atomic E-state index is 12.8. The SMILES string of the molecule is O=C(c1ccc(NS(O)(O)c2cccc3cccnc23)cc1)N1CC(=Cc2ccccc2)C1. The number of carbonyl (C=O) groups is 1. The Morgan fingerprint density at radius 3 is 2.39 bits per heavy atom. The molecule has 0 saturated carbocycles. The molecule has 1 aliphatic rings. The van der Waals surface area contributed by atoms with Gasteiger partial charge in [0.2, 0.25) is 0 Å². The van der Waals surface area contributed by atoms with Gasteiger partial charge in [-0.1, -0.05) is 65.4 Å². The number of amides is 1. The molecule has 3 aromatic carbocycles. The molecule has 1 amide bonds. The van der Waals surface area contributed by atoms with Gasteiger partial charge in [0, 0.05) is 30.2 Å². The van der Waals surface area contributed by atoms with Crippen LogP contribution in [-0.4, -0.2) is 38.0 Å². The van der Waals surface area contributed by atoms with E-state index < -0.39 is 10.8 Å². The van der Waals surface area contributed by atoms with Crippen molar-refractivity contribution in [2.45, 2.75) is 4.90 Å².